The Hall–Kier alpha value is -3.99. The third kappa shape index (κ3) is 5.76. The summed E-state index contributed by atoms with van der Waals surface area (Å²) < 4.78 is 5.78. The first kappa shape index (κ1) is 20.3. The van der Waals surface area contributed by atoms with Crippen LogP contribution in [0, 0.1) is 0 Å². The van der Waals surface area contributed by atoms with Crippen molar-refractivity contribution in [1.82, 2.24) is 14.9 Å². The SMILES string of the molecule is O=C(c1cc(OCc2ccccc2)ncn1)N(Cc1ccccc1)Cc1ccccc1. The molecule has 0 fully saturated rings. The molecule has 1 heterocycles. The van der Waals surface area contributed by atoms with E-state index in [4.69, 9.17) is 4.74 Å². The summed E-state index contributed by atoms with van der Waals surface area (Å²) in [6.45, 7) is 1.35. The molecule has 0 aliphatic carbocycles. The summed E-state index contributed by atoms with van der Waals surface area (Å²) in [6, 6.07) is 31.3. The van der Waals surface area contributed by atoms with Crippen LogP contribution in [0.3, 0.4) is 0 Å². The lowest BCUT2D eigenvalue weighted by molar-refractivity contribution is 0.0723. The van der Waals surface area contributed by atoms with E-state index in [1.165, 1.54) is 6.33 Å². The van der Waals surface area contributed by atoms with Gasteiger partial charge in [0.2, 0.25) is 5.88 Å². The Labute approximate surface area is 182 Å². The smallest absolute Gasteiger partial charge is 0.273 e. The molecule has 4 aromatic rings. The van der Waals surface area contributed by atoms with Crippen LogP contribution in [0.4, 0.5) is 0 Å². The molecule has 1 aromatic heterocycles. The van der Waals surface area contributed by atoms with Gasteiger partial charge in [0.1, 0.15) is 18.6 Å². The van der Waals surface area contributed by atoms with E-state index in [2.05, 4.69) is 9.97 Å². The molecule has 154 valence electrons. The van der Waals surface area contributed by atoms with Crippen molar-refractivity contribution in [3.8, 4) is 5.88 Å². The van der Waals surface area contributed by atoms with E-state index in [9.17, 15) is 4.79 Å². The second kappa shape index (κ2) is 10.2. The Morgan fingerprint density at radius 1 is 0.710 bits per heavy atom. The highest BCUT2D eigenvalue weighted by Crippen LogP contribution is 2.16. The standard InChI is InChI=1S/C26H23N3O2/c30-26(24-16-25(28-20-27-24)31-19-23-14-8-3-9-15-23)29(17-21-10-4-1-5-11-21)18-22-12-6-2-7-13-22/h1-16,20H,17-19H2. The molecular formula is C26H23N3O2. The summed E-state index contributed by atoms with van der Waals surface area (Å²) in [7, 11) is 0. The van der Waals surface area contributed by atoms with E-state index in [0.29, 0.717) is 31.3 Å². The van der Waals surface area contributed by atoms with Gasteiger partial charge in [0.15, 0.2) is 0 Å². The van der Waals surface area contributed by atoms with Gasteiger partial charge < -0.3 is 9.64 Å². The van der Waals surface area contributed by atoms with E-state index >= 15 is 0 Å². The van der Waals surface area contributed by atoms with Crippen LogP contribution in [-0.4, -0.2) is 20.8 Å². The summed E-state index contributed by atoms with van der Waals surface area (Å²) in [5.41, 5.74) is 3.46. The fourth-order valence-electron chi connectivity index (χ4n) is 3.24. The molecule has 31 heavy (non-hydrogen) atoms. The van der Waals surface area contributed by atoms with Gasteiger partial charge in [-0.15, -0.1) is 0 Å². The monoisotopic (exact) mass is 409 g/mol. The first-order valence-corrected chi connectivity index (χ1v) is 10.1. The molecule has 3 aromatic carbocycles. The summed E-state index contributed by atoms with van der Waals surface area (Å²) in [5, 5.41) is 0. The van der Waals surface area contributed by atoms with Crippen molar-refractivity contribution < 1.29 is 9.53 Å². The van der Waals surface area contributed by atoms with Crippen molar-refractivity contribution in [3.05, 3.63) is 126 Å². The van der Waals surface area contributed by atoms with Crippen molar-refractivity contribution in [1.29, 1.82) is 0 Å². The van der Waals surface area contributed by atoms with Crippen LogP contribution in [0.2, 0.25) is 0 Å². The Kier molecular flexibility index (Phi) is 6.65. The largest absolute Gasteiger partial charge is 0.473 e. The highest BCUT2D eigenvalue weighted by Gasteiger charge is 2.19. The van der Waals surface area contributed by atoms with Gasteiger partial charge in [0.25, 0.3) is 5.91 Å². The molecule has 5 heteroatoms. The fraction of sp³-hybridized carbons (Fsp3) is 0.115. The maximum absolute atomic E-state index is 13.4. The van der Waals surface area contributed by atoms with Crippen molar-refractivity contribution in [3.63, 3.8) is 0 Å². The molecule has 1 amide bonds. The van der Waals surface area contributed by atoms with Crippen LogP contribution in [0.5, 0.6) is 5.88 Å². The summed E-state index contributed by atoms with van der Waals surface area (Å²) in [4.78, 5) is 23.5. The Balaban J connectivity index is 1.52. The van der Waals surface area contributed by atoms with E-state index in [-0.39, 0.29) is 5.91 Å². The van der Waals surface area contributed by atoms with Crippen LogP contribution in [0.1, 0.15) is 27.2 Å². The summed E-state index contributed by atoms with van der Waals surface area (Å²) >= 11 is 0. The number of nitrogens with zero attached hydrogens (tertiary/aromatic N) is 3. The minimum Gasteiger partial charge on any atom is -0.473 e. The molecule has 0 radical (unpaired) electrons. The predicted molar refractivity (Wildman–Crippen MR) is 119 cm³/mol. The van der Waals surface area contributed by atoms with Gasteiger partial charge in [-0.25, -0.2) is 9.97 Å². The summed E-state index contributed by atoms with van der Waals surface area (Å²) in [6.07, 6.45) is 1.37. The second-order valence-electron chi connectivity index (χ2n) is 7.15. The van der Waals surface area contributed by atoms with Crippen LogP contribution in [0.25, 0.3) is 0 Å². The van der Waals surface area contributed by atoms with Gasteiger partial charge in [-0.3, -0.25) is 4.79 Å². The Morgan fingerprint density at radius 2 is 1.23 bits per heavy atom. The highest BCUT2D eigenvalue weighted by atomic mass is 16.5. The number of benzene rings is 3. The average Bonchev–Trinajstić information content (AvgIpc) is 2.84. The van der Waals surface area contributed by atoms with Gasteiger partial charge in [0.05, 0.1) is 0 Å². The molecule has 0 N–H and O–H groups in total. The van der Waals surface area contributed by atoms with Crippen LogP contribution >= 0.6 is 0 Å². The third-order valence-electron chi connectivity index (χ3n) is 4.81. The topological polar surface area (TPSA) is 55.3 Å². The van der Waals surface area contributed by atoms with Gasteiger partial charge in [0, 0.05) is 19.2 Å². The zero-order chi connectivity index (χ0) is 21.3. The maximum atomic E-state index is 13.4. The second-order valence-corrected chi connectivity index (χ2v) is 7.15. The van der Waals surface area contributed by atoms with E-state index in [0.717, 1.165) is 16.7 Å². The molecule has 0 saturated heterocycles. The lowest BCUT2D eigenvalue weighted by atomic mass is 10.1. The number of rotatable bonds is 8. The van der Waals surface area contributed by atoms with Gasteiger partial charge >= 0.3 is 0 Å². The van der Waals surface area contributed by atoms with Gasteiger partial charge in [-0.05, 0) is 16.7 Å². The molecule has 0 atom stereocenters. The van der Waals surface area contributed by atoms with Crippen molar-refractivity contribution in [2.24, 2.45) is 0 Å². The first-order valence-electron chi connectivity index (χ1n) is 10.1. The highest BCUT2D eigenvalue weighted by molar-refractivity contribution is 5.92. The lowest BCUT2D eigenvalue weighted by Crippen LogP contribution is -2.30. The molecule has 0 bridgehead atoms. The van der Waals surface area contributed by atoms with Crippen molar-refractivity contribution in [2.45, 2.75) is 19.7 Å². The van der Waals surface area contributed by atoms with Gasteiger partial charge in [-0.2, -0.15) is 0 Å². The molecular weight excluding hydrogens is 386 g/mol. The predicted octanol–water partition coefficient (Wildman–Crippen LogP) is 4.90. The average molecular weight is 409 g/mol. The lowest BCUT2D eigenvalue weighted by Gasteiger charge is -2.23. The van der Waals surface area contributed by atoms with E-state index < -0.39 is 0 Å². The molecule has 5 nitrogen and oxygen atoms in total. The van der Waals surface area contributed by atoms with Crippen molar-refractivity contribution in [2.75, 3.05) is 0 Å². The number of ether oxygens (including phenoxy) is 1. The van der Waals surface area contributed by atoms with E-state index in [1.54, 1.807) is 11.0 Å². The van der Waals surface area contributed by atoms with Gasteiger partial charge in [-0.1, -0.05) is 91.0 Å². The zero-order valence-corrected chi connectivity index (χ0v) is 17.1. The quantitative estimate of drug-likeness (QED) is 0.415. The number of amides is 1. The molecule has 0 aliphatic rings. The number of hydrogen-bond acceptors (Lipinski definition) is 4. The third-order valence-corrected chi connectivity index (χ3v) is 4.81. The molecule has 0 aliphatic heterocycles. The molecule has 0 saturated carbocycles. The van der Waals surface area contributed by atoms with Crippen LogP contribution in [-0.2, 0) is 19.7 Å². The summed E-state index contributed by atoms with van der Waals surface area (Å²) in [5.74, 6) is 0.209. The molecule has 0 spiro atoms. The Bertz CT molecular complexity index is 1060. The number of carbonyl (C=O) groups is 1. The fourth-order valence-corrected chi connectivity index (χ4v) is 3.24. The van der Waals surface area contributed by atoms with E-state index in [1.807, 2.05) is 91.0 Å². The minimum atomic E-state index is -0.167. The van der Waals surface area contributed by atoms with Crippen LogP contribution < -0.4 is 4.74 Å². The number of carbonyl (C=O) groups excluding carboxylic acids is 1. The first-order chi connectivity index (χ1) is 15.3. The normalized spacial score (nSPS) is 10.5. The maximum Gasteiger partial charge on any atom is 0.273 e. The Morgan fingerprint density at radius 3 is 1.77 bits per heavy atom. The number of hydrogen-bond donors (Lipinski definition) is 0. The minimum absolute atomic E-state index is 0.167. The van der Waals surface area contributed by atoms with Crippen LogP contribution in [0.15, 0.2) is 103 Å². The molecule has 0 unspecified atom stereocenters. The zero-order valence-electron chi connectivity index (χ0n) is 17.1. The van der Waals surface area contributed by atoms with Crippen molar-refractivity contribution >= 4 is 5.91 Å². The molecule has 4 rings (SSSR count). The number of aromatic nitrogens is 2.